The number of nitrogens with two attached hydrogens (primary N) is 1. The predicted octanol–water partition coefficient (Wildman–Crippen LogP) is -0.600. The molecule has 1 amide bonds. The molecule has 1 atom stereocenters. The summed E-state index contributed by atoms with van der Waals surface area (Å²) in [5.74, 6) is -1.11. The third-order valence-corrected chi connectivity index (χ3v) is 3.11. The van der Waals surface area contributed by atoms with E-state index in [2.05, 4.69) is 10.1 Å². The summed E-state index contributed by atoms with van der Waals surface area (Å²) in [5.41, 5.74) is 4.36. The molecule has 0 aliphatic heterocycles. The van der Waals surface area contributed by atoms with Crippen LogP contribution in [0.25, 0.3) is 0 Å². The molecule has 0 bridgehead atoms. The van der Waals surface area contributed by atoms with Gasteiger partial charge in [0.05, 0.1) is 19.1 Å². The van der Waals surface area contributed by atoms with Crippen LogP contribution in [-0.2, 0) is 14.3 Å². The van der Waals surface area contributed by atoms with E-state index in [0.717, 1.165) is 0 Å². The number of carbonyl (C=O) groups excluding carboxylic acids is 2. The lowest BCUT2D eigenvalue weighted by Gasteiger charge is -2.37. The highest BCUT2D eigenvalue weighted by atomic mass is 16.5. The number of rotatable bonds is 5. The molecule has 0 aromatic heterocycles. The van der Waals surface area contributed by atoms with Crippen molar-refractivity contribution in [3.05, 3.63) is 0 Å². The number of amides is 1. The summed E-state index contributed by atoms with van der Waals surface area (Å²) in [6.45, 7) is 6.69. The van der Waals surface area contributed by atoms with Gasteiger partial charge in [-0.3, -0.25) is 4.79 Å². The molecule has 0 heterocycles. The van der Waals surface area contributed by atoms with E-state index in [1.54, 1.807) is 27.7 Å². The van der Waals surface area contributed by atoms with Crippen molar-refractivity contribution >= 4 is 11.9 Å². The van der Waals surface area contributed by atoms with E-state index in [9.17, 15) is 14.7 Å². The molecule has 6 nitrogen and oxygen atoms in total. The standard InChI is InChI=1S/C11H22N2O4/c1-10(2,11(3,4)12)9(16)13-6-7(14)8(15)17-5/h7,14H,6,12H2,1-5H3,(H,13,16). The smallest absolute Gasteiger partial charge is 0.336 e. The van der Waals surface area contributed by atoms with Crippen molar-refractivity contribution in [2.45, 2.75) is 39.3 Å². The third kappa shape index (κ3) is 3.98. The molecule has 0 aromatic rings. The van der Waals surface area contributed by atoms with E-state index in [4.69, 9.17) is 5.73 Å². The van der Waals surface area contributed by atoms with Crippen LogP contribution in [0.3, 0.4) is 0 Å². The Morgan fingerprint density at radius 2 is 1.82 bits per heavy atom. The van der Waals surface area contributed by atoms with Crippen LogP contribution in [0.15, 0.2) is 0 Å². The lowest BCUT2D eigenvalue weighted by atomic mass is 9.74. The fraction of sp³-hybridized carbons (Fsp3) is 0.818. The molecule has 0 aromatic carbocycles. The Morgan fingerprint density at radius 3 is 2.18 bits per heavy atom. The Kier molecular flexibility index (Phi) is 5.10. The summed E-state index contributed by atoms with van der Waals surface area (Å²) in [6, 6.07) is 0. The average Bonchev–Trinajstić information content (AvgIpc) is 2.22. The molecule has 0 rings (SSSR count). The van der Waals surface area contributed by atoms with Gasteiger partial charge in [0.1, 0.15) is 0 Å². The van der Waals surface area contributed by atoms with Gasteiger partial charge < -0.3 is 20.9 Å². The highest BCUT2D eigenvalue weighted by Crippen LogP contribution is 2.28. The number of carbonyl (C=O) groups is 2. The second-order valence-corrected chi connectivity index (χ2v) is 5.10. The second-order valence-electron chi connectivity index (χ2n) is 5.10. The molecule has 0 aliphatic rings. The molecule has 0 saturated carbocycles. The Hall–Kier alpha value is -1.14. The normalized spacial score (nSPS) is 14.1. The van der Waals surface area contributed by atoms with Crippen molar-refractivity contribution in [1.29, 1.82) is 0 Å². The van der Waals surface area contributed by atoms with Crippen LogP contribution in [0.5, 0.6) is 0 Å². The Balaban J connectivity index is 4.43. The van der Waals surface area contributed by atoms with Crippen LogP contribution in [0.2, 0.25) is 0 Å². The van der Waals surface area contributed by atoms with E-state index >= 15 is 0 Å². The van der Waals surface area contributed by atoms with Crippen molar-refractivity contribution in [2.75, 3.05) is 13.7 Å². The van der Waals surface area contributed by atoms with E-state index in [1.807, 2.05) is 0 Å². The largest absolute Gasteiger partial charge is 0.467 e. The van der Waals surface area contributed by atoms with Crippen LogP contribution >= 0.6 is 0 Å². The maximum absolute atomic E-state index is 11.9. The van der Waals surface area contributed by atoms with Crippen LogP contribution < -0.4 is 11.1 Å². The second kappa shape index (κ2) is 5.46. The molecule has 0 fully saturated rings. The molecule has 6 heteroatoms. The first kappa shape index (κ1) is 15.9. The monoisotopic (exact) mass is 246 g/mol. The molecule has 100 valence electrons. The number of aliphatic hydroxyl groups excluding tert-OH is 1. The van der Waals surface area contributed by atoms with E-state index in [0.29, 0.717) is 0 Å². The molecular weight excluding hydrogens is 224 g/mol. The van der Waals surface area contributed by atoms with Crippen molar-refractivity contribution in [1.82, 2.24) is 5.32 Å². The summed E-state index contributed by atoms with van der Waals surface area (Å²) >= 11 is 0. The van der Waals surface area contributed by atoms with Gasteiger partial charge in [0.2, 0.25) is 5.91 Å². The maximum Gasteiger partial charge on any atom is 0.336 e. The number of esters is 1. The molecule has 0 spiro atoms. The highest BCUT2D eigenvalue weighted by Gasteiger charge is 2.40. The number of hydrogen-bond donors (Lipinski definition) is 3. The van der Waals surface area contributed by atoms with Crippen LogP contribution in [0, 0.1) is 5.41 Å². The van der Waals surface area contributed by atoms with Gasteiger partial charge in [0.15, 0.2) is 6.10 Å². The van der Waals surface area contributed by atoms with Crippen molar-refractivity contribution in [3.8, 4) is 0 Å². The summed E-state index contributed by atoms with van der Waals surface area (Å²) in [4.78, 5) is 22.8. The molecular formula is C11H22N2O4. The Labute approximate surface area is 102 Å². The minimum absolute atomic E-state index is 0.189. The van der Waals surface area contributed by atoms with Crippen LogP contribution in [0.1, 0.15) is 27.7 Å². The molecule has 17 heavy (non-hydrogen) atoms. The molecule has 0 aliphatic carbocycles. The third-order valence-electron chi connectivity index (χ3n) is 3.11. The zero-order valence-corrected chi connectivity index (χ0v) is 11.0. The Bertz CT molecular complexity index is 294. The lowest BCUT2D eigenvalue weighted by Crippen LogP contribution is -2.56. The fourth-order valence-electron chi connectivity index (χ4n) is 0.922. The summed E-state index contributed by atoms with van der Waals surface area (Å²) in [7, 11) is 1.17. The van der Waals surface area contributed by atoms with Crippen molar-refractivity contribution in [2.24, 2.45) is 11.1 Å². The zero-order chi connectivity index (χ0) is 13.9. The van der Waals surface area contributed by atoms with Gasteiger partial charge in [-0.15, -0.1) is 0 Å². The molecule has 0 saturated heterocycles. The van der Waals surface area contributed by atoms with Gasteiger partial charge in [-0.25, -0.2) is 4.79 Å². The van der Waals surface area contributed by atoms with Crippen molar-refractivity contribution in [3.63, 3.8) is 0 Å². The van der Waals surface area contributed by atoms with E-state index in [1.165, 1.54) is 7.11 Å². The van der Waals surface area contributed by atoms with Gasteiger partial charge >= 0.3 is 5.97 Å². The Morgan fingerprint density at radius 1 is 1.35 bits per heavy atom. The first-order chi connectivity index (χ1) is 7.54. The predicted molar refractivity (Wildman–Crippen MR) is 63.1 cm³/mol. The SMILES string of the molecule is COC(=O)C(O)CNC(=O)C(C)(C)C(C)(C)N. The average molecular weight is 246 g/mol. The quantitative estimate of drug-likeness (QED) is 0.562. The van der Waals surface area contributed by atoms with Gasteiger partial charge in [0, 0.05) is 5.54 Å². The maximum atomic E-state index is 11.9. The number of nitrogens with one attached hydrogen (secondary N) is 1. The number of hydrogen-bond acceptors (Lipinski definition) is 5. The van der Waals surface area contributed by atoms with Gasteiger partial charge in [-0.2, -0.15) is 0 Å². The van der Waals surface area contributed by atoms with Gasteiger partial charge in [0.25, 0.3) is 0 Å². The molecule has 4 N–H and O–H groups in total. The minimum atomic E-state index is -1.36. The summed E-state index contributed by atoms with van der Waals surface area (Å²) < 4.78 is 4.33. The zero-order valence-electron chi connectivity index (χ0n) is 11.0. The number of aliphatic hydroxyl groups is 1. The van der Waals surface area contributed by atoms with E-state index in [-0.39, 0.29) is 12.5 Å². The summed E-state index contributed by atoms with van der Waals surface area (Å²) in [6.07, 6.45) is -1.36. The fourth-order valence-corrected chi connectivity index (χ4v) is 0.922. The number of ether oxygens (including phenoxy) is 1. The minimum Gasteiger partial charge on any atom is -0.467 e. The first-order valence-corrected chi connectivity index (χ1v) is 5.37. The van der Waals surface area contributed by atoms with E-state index < -0.39 is 23.0 Å². The number of methoxy groups -OCH3 is 1. The van der Waals surface area contributed by atoms with Crippen LogP contribution in [-0.4, -0.2) is 42.3 Å². The van der Waals surface area contributed by atoms with Gasteiger partial charge in [-0.05, 0) is 27.7 Å². The highest BCUT2D eigenvalue weighted by molar-refractivity contribution is 5.84. The first-order valence-electron chi connectivity index (χ1n) is 5.37. The van der Waals surface area contributed by atoms with Gasteiger partial charge in [-0.1, -0.05) is 0 Å². The lowest BCUT2D eigenvalue weighted by molar-refractivity contribution is -0.150. The summed E-state index contributed by atoms with van der Waals surface area (Å²) in [5, 5.41) is 11.8. The van der Waals surface area contributed by atoms with Crippen molar-refractivity contribution < 1.29 is 19.4 Å². The topological polar surface area (TPSA) is 102 Å². The molecule has 0 radical (unpaired) electrons. The molecule has 1 unspecified atom stereocenters. The van der Waals surface area contributed by atoms with Crippen LogP contribution in [0.4, 0.5) is 0 Å².